The summed E-state index contributed by atoms with van der Waals surface area (Å²) in [6.45, 7) is 5.94. The van der Waals surface area contributed by atoms with Crippen LogP contribution in [0.3, 0.4) is 0 Å². The van der Waals surface area contributed by atoms with Gasteiger partial charge in [-0.05, 0) is 47.1 Å². The first-order valence-corrected chi connectivity index (χ1v) is 13.2. The molecule has 1 fully saturated rings. The molecule has 1 aromatic rings. The van der Waals surface area contributed by atoms with Crippen LogP contribution in [0.4, 0.5) is 0 Å². The molecule has 2 aliphatic rings. The van der Waals surface area contributed by atoms with Gasteiger partial charge >= 0.3 is 11.9 Å². The highest BCUT2D eigenvalue weighted by atomic mass is 32.2. The number of benzene rings is 1. The van der Waals surface area contributed by atoms with Crippen LogP contribution in [0.25, 0.3) is 10.4 Å². The molecule has 0 radical (unpaired) electrons. The van der Waals surface area contributed by atoms with Crippen LogP contribution in [0.2, 0.25) is 0 Å². The number of aliphatic carboxylic acids is 2. The molecule has 0 spiro atoms. The Kier molecular flexibility index (Phi) is 9.25. The molecule has 39 heavy (non-hydrogen) atoms. The summed E-state index contributed by atoms with van der Waals surface area (Å²) in [5.41, 5.74) is 9.84. The molecule has 0 bridgehead atoms. The van der Waals surface area contributed by atoms with Gasteiger partial charge in [-0.25, -0.2) is 9.59 Å². The summed E-state index contributed by atoms with van der Waals surface area (Å²) >= 11 is 1.25. The minimum atomic E-state index is -1.33. The van der Waals surface area contributed by atoms with Crippen LogP contribution >= 0.6 is 11.8 Å². The lowest BCUT2D eigenvalue weighted by atomic mass is 9.86. The number of fused-ring (bicyclic) bond motifs is 1. The average Bonchev–Trinajstić information content (AvgIpc) is 2.88. The zero-order valence-electron chi connectivity index (χ0n) is 21.7. The third-order valence-electron chi connectivity index (χ3n) is 6.40. The molecule has 1 aromatic carbocycles. The number of rotatable bonds is 11. The predicted octanol–water partition coefficient (Wildman–Crippen LogP) is 2.39. The lowest BCUT2D eigenvalue weighted by Crippen LogP contribution is -2.70. The van der Waals surface area contributed by atoms with Crippen molar-refractivity contribution in [3.8, 4) is 0 Å². The summed E-state index contributed by atoms with van der Waals surface area (Å²) in [7, 11) is 0. The molecule has 0 aromatic heterocycles. The van der Waals surface area contributed by atoms with Crippen molar-refractivity contribution in [2.24, 2.45) is 5.11 Å². The van der Waals surface area contributed by atoms with Crippen molar-refractivity contribution < 1.29 is 34.2 Å². The number of hydrogen-bond donors (Lipinski definition) is 4. The van der Waals surface area contributed by atoms with Gasteiger partial charge in [0, 0.05) is 22.6 Å². The number of β-lactam (4-membered cyclic amide) rings is 1. The van der Waals surface area contributed by atoms with Gasteiger partial charge in [0.15, 0.2) is 0 Å². The Morgan fingerprint density at radius 3 is 2.44 bits per heavy atom. The summed E-state index contributed by atoms with van der Waals surface area (Å²) in [6.07, 6.45) is 0.0298. The van der Waals surface area contributed by atoms with Crippen molar-refractivity contribution in [1.29, 1.82) is 0 Å². The lowest BCUT2D eigenvalue weighted by Gasteiger charge is -2.49. The molecule has 1 saturated heterocycles. The fourth-order valence-corrected chi connectivity index (χ4v) is 5.59. The van der Waals surface area contributed by atoms with Gasteiger partial charge in [0.25, 0.3) is 11.8 Å². The highest BCUT2D eigenvalue weighted by molar-refractivity contribution is 8.00. The van der Waals surface area contributed by atoms with Gasteiger partial charge in [-0.1, -0.05) is 38.0 Å². The summed E-state index contributed by atoms with van der Waals surface area (Å²) in [4.78, 5) is 64.8. The highest BCUT2D eigenvalue weighted by Gasteiger charge is 2.54. The van der Waals surface area contributed by atoms with E-state index >= 15 is 0 Å². The average molecular weight is 559 g/mol. The second-order valence-corrected chi connectivity index (χ2v) is 11.3. The van der Waals surface area contributed by atoms with Crippen LogP contribution in [-0.4, -0.2) is 74.5 Å². The van der Waals surface area contributed by atoms with E-state index in [1.54, 1.807) is 12.1 Å². The van der Waals surface area contributed by atoms with Crippen LogP contribution in [0.5, 0.6) is 0 Å². The van der Waals surface area contributed by atoms with Gasteiger partial charge in [0.2, 0.25) is 5.91 Å². The van der Waals surface area contributed by atoms with Crippen LogP contribution in [0, 0.1) is 0 Å². The first-order chi connectivity index (χ1) is 18.3. The minimum Gasteiger partial charge on any atom is -0.480 e. The minimum absolute atomic E-state index is 0.00778. The van der Waals surface area contributed by atoms with Crippen molar-refractivity contribution >= 4 is 41.4 Å². The molecule has 4 N–H and O–H groups in total. The number of nitrogens with one attached hydrogen (secondary N) is 2. The summed E-state index contributed by atoms with van der Waals surface area (Å²) in [5.74, 6) is -3.96. The Bertz CT molecular complexity index is 1250. The quantitative estimate of drug-likeness (QED) is 0.137. The highest BCUT2D eigenvalue weighted by Crippen LogP contribution is 2.40. The number of nitrogens with zero attached hydrogens (tertiary/aromatic N) is 4. The standard InChI is InChI=1S/C25H30N6O7S/c1-25(2,3)15-9-7-13(8-10-15)20(33)28-16(23(35)36)5-4-6-17(32)29-18-21(34)31-19(24(37)38)14(11-27-30-26)12-39-22(18)31/h7-10,16,18,22H,4-6,11-12H2,1-3H3,(H,28,33)(H,29,32)(H,35,36)(H,37,38)/t16?,18-,22+/m1/s1. The SMILES string of the molecule is CC(C)(C)c1ccc(C(=O)NC(CCCC(=O)N[C@@H]2C(=O)N3C(C(=O)O)=C(CN=[N+]=[N-])CS[C@@H]23)C(=O)O)cc1. The Labute approximate surface area is 228 Å². The molecule has 2 heterocycles. The molecule has 2 aliphatic heterocycles. The Morgan fingerprint density at radius 2 is 1.87 bits per heavy atom. The van der Waals surface area contributed by atoms with Gasteiger partial charge < -0.3 is 20.8 Å². The van der Waals surface area contributed by atoms with E-state index in [0.717, 1.165) is 10.5 Å². The normalized spacial score (nSPS) is 19.3. The lowest BCUT2D eigenvalue weighted by molar-refractivity contribution is -0.150. The van der Waals surface area contributed by atoms with Crippen molar-refractivity contribution in [2.45, 2.75) is 62.9 Å². The Hall–Kier alpha value is -4.03. The third kappa shape index (κ3) is 6.89. The van der Waals surface area contributed by atoms with E-state index in [-0.39, 0.29) is 42.7 Å². The molecule has 1 unspecified atom stereocenters. The number of carbonyl (C=O) groups excluding carboxylic acids is 3. The Morgan fingerprint density at radius 1 is 1.21 bits per heavy atom. The molecule has 14 heteroatoms. The number of azide groups is 1. The van der Waals surface area contributed by atoms with E-state index in [2.05, 4.69) is 20.7 Å². The first-order valence-electron chi connectivity index (χ1n) is 12.2. The number of carboxylic acid groups (broad SMARTS) is 2. The van der Waals surface area contributed by atoms with E-state index in [4.69, 9.17) is 5.53 Å². The smallest absolute Gasteiger partial charge is 0.352 e. The maximum Gasteiger partial charge on any atom is 0.352 e. The molecular weight excluding hydrogens is 528 g/mol. The molecule has 208 valence electrons. The van der Waals surface area contributed by atoms with Gasteiger partial charge in [-0.2, -0.15) is 0 Å². The van der Waals surface area contributed by atoms with Crippen molar-refractivity contribution in [2.75, 3.05) is 12.3 Å². The number of hydrogen-bond acceptors (Lipinski definition) is 7. The molecule has 3 amide bonds. The number of carboxylic acids is 2. The van der Waals surface area contributed by atoms with Gasteiger partial charge in [-0.3, -0.25) is 19.3 Å². The molecule has 0 saturated carbocycles. The fraction of sp³-hybridized carbons (Fsp3) is 0.480. The number of amides is 3. The zero-order chi connectivity index (χ0) is 28.9. The van der Waals surface area contributed by atoms with Crippen LogP contribution < -0.4 is 10.6 Å². The third-order valence-corrected chi connectivity index (χ3v) is 7.74. The molecule has 3 rings (SSSR count). The Balaban J connectivity index is 1.52. The zero-order valence-corrected chi connectivity index (χ0v) is 22.5. The molecule has 0 aliphatic carbocycles. The van der Waals surface area contributed by atoms with Crippen molar-refractivity contribution in [1.82, 2.24) is 15.5 Å². The van der Waals surface area contributed by atoms with Crippen LogP contribution in [0.15, 0.2) is 40.6 Å². The number of thioether (sulfide) groups is 1. The van der Waals surface area contributed by atoms with E-state index in [1.807, 2.05) is 32.9 Å². The maximum atomic E-state index is 12.6. The van der Waals surface area contributed by atoms with Crippen LogP contribution in [-0.2, 0) is 24.6 Å². The van der Waals surface area contributed by atoms with Crippen molar-refractivity contribution in [3.63, 3.8) is 0 Å². The van der Waals surface area contributed by atoms with Gasteiger partial charge in [0.05, 0.1) is 6.54 Å². The van der Waals surface area contributed by atoms with Crippen molar-refractivity contribution in [3.05, 3.63) is 57.1 Å². The van der Waals surface area contributed by atoms with E-state index in [0.29, 0.717) is 11.1 Å². The van der Waals surface area contributed by atoms with Crippen LogP contribution in [0.1, 0.15) is 56.0 Å². The summed E-state index contributed by atoms with van der Waals surface area (Å²) < 4.78 is 0. The van der Waals surface area contributed by atoms with Gasteiger partial charge in [0.1, 0.15) is 23.2 Å². The van der Waals surface area contributed by atoms with Gasteiger partial charge in [-0.15, -0.1) is 11.8 Å². The number of carbonyl (C=O) groups is 5. The molecular formula is C25H30N6O7S. The first kappa shape index (κ1) is 29.5. The second-order valence-electron chi connectivity index (χ2n) is 10.2. The maximum absolute atomic E-state index is 12.6. The van der Waals surface area contributed by atoms with E-state index < -0.39 is 47.1 Å². The molecule has 13 nitrogen and oxygen atoms in total. The predicted molar refractivity (Wildman–Crippen MR) is 142 cm³/mol. The fourth-order valence-electron chi connectivity index (χ4n) is 4.25. The van der Waals surface area contributed by atoms with E-state index in [1.165, 1.54) is 11.8 Å². The second kappa shape index (κ2) is 12.2. The summed E-state index contributed by atoms with van der Waals surface area (Å²) in [6, 6.07) is 4.77. The summed E-state index contributed by atoms with van der Waals surface area (Å²) in [5, 5.41) is 26.9. The topological polar surface area (TPSA) is 202 Å². The largest absolute Gasteiger partial charge is 0.480 e. The monoisotopic (exact) mass is 558 g/mol. The van der Waals surface area contributed by atoms with E-state index in [9.17, 15) is 34.2 Å². The molecule has 3 atom stereocenters.